The van der Waals surface area contributed by atoms with Gasteiger partial charge in [0.1, 0.15) is 0 Å². The molecule has 0 radical (unpaired) electrons. The Kier molecular flexibility index (Phi) is 24.9. The van der Waals surface area contributed by atoms with Gasteiger partial charge in [0.15, 0.2) is 0 Å². The summed E-state index contributed by atoms with van der Waals surface area (Å²) >= 11 is -5.75. The van der Waals surface area contributed by atoms with Crippen LogP contribution in [0, 0.1) is 10.1 Å². The molecular formula is HCrKNNaO7. The Morgan fingerprint density at radius 1 is 1.27 bits per heavy atom. The average molecular weight is 241 g/mol. The third kappa shape index (κ3) is 326. The molecule has 0 saturated carbocycles. The quantitative estimate of drug-likeness (QED) is 0.252. The summed E-state index contributed by atoms with van der Waals surface area (Å²) in [4.78, 5) is 8.36. The van der Waals surface area contributed by atoms with Crippen molar-refractivity contribution in [3.63, 3.8) is 0 Å². The molecule has 0 aliphatic heterocycles. The SMILES string of the molecule is O=[N+]([O-])O.[K+].[Na+].[O]=[Cr](=[O])([O-])[O-]. The minimum atomic E-state index is -5.75. The number of hydrogen-bond donors (Lipinski definition) is 1. The standard InChI is InChI=1S/Cr.K.HNO3.Na.4O/c;;2-1(3)4;;;;;/h;;(H,2,3,4);;;;;/q;+1;;+1;;;2*-1. The number of rotatable bonds is 0. The second-order valence-electron chi connectivity index (χ2n) is 0.646. The van der Waals surface area contributed by atoms with Crippen LogP contribution in [0.4, 0.5) is 0 Å². The van der Waals surface area contributed by atoms with E-state index in [9.17, 15) is 0 Å². The van der Waals surface area contributed by atoms with Crippen LogP contribution in [0.25, 0.3) is 0 Å². The summed E-state index contributed by atoms with van der Waals surface area (Å²) in [6.07, 6.45) is 0. The van der Waals surface area contributed by atoms with Gasteiger partial charge in [0, 0.05) is 0 Å². The molecule has 0 atom stereocenters. The summed E-state index contributed by atoms with van der Waals surface area (Å²) in [5.74, 6) is 0. The van der Waals surface area contributed by atoms with E-state index in [2.05, 4.69) is 0 Å². The first-order valence-corrected chi connectivity index (χ1v) is 3.31. The van der Waals surface area contributed by atoms with Gasteiger partial charge in [-0.25, -0.2) is 0 Å². The first-order valence-electron chi connectivity index (χ1n) is 1.23. The van der Waals surface area contributed by atoms with E-state index < -0.39 is 18.7 Å². The van der Waals surface area contributed by atoms with Gasteiger partial charge >= 0.3 is 110 Å². The van der Waals surface area contributed by atoms with Crippen molar-refractivity contribution in [3.8, 4) is 0 Å². The molecular weight excluding hydrogens is 240 g/mol. The average Bonchev–Trinajstić information content (AvgIpc) is 1.19. The molecule has 0 rings (SSSR count). The molecule has 0 fully saturated rings. The predicted molar refractivity (Wildman–Crippen MR) is 10.2 cm³/mol. The molecule has 11 heavy (non-hydrogen) atoms. The van der Waals surface area contributed by atoms with E-state index in [1.807, 2.05) is 0 Å². The summed E-state index contributed by atoms with van der Waals surface area (Å²) < 4.78 is 34.4. The van der Waals surface area contributed by atoms with Crippen molar-refractivity contribution in [1.82, 2.24) is 0 Å². The van der Waals surface area contributed by atoms with Crippen molar-refractivity contribution in [2.24, 2.45) is 0 Å². The molecule has 0 unspecified atom stereocenters. The van der Waals surface area contributed by atoms with Crippen molar-refractivity contribution in [3.05, 3.63) is 10.1 Å². The van der Waals surface area contributed by atoms with Crippen LogP contribution in [-0.4, -0.2) is 10.3 Å². The van der Waals surface area contributed by atoms with E-state index in [0.717, 1.165) is 0 Å². The van der Waals surface area contributed by atoms with Crippen molar-refractivity contribution in [1.29, 1.82) is 0 Å². The Balaban J connectivity index is -0.0000000383. The van der Waals surface area contributed by atoms with Crippen LogP contribution >= 0.6 is 0 Å². The Morgan fingerprint density at radius 2 is 1.27 bits per heavy atom. The van der Waals surface area contributed by atoms with E-state index in [1.54, 1.807) is 0 Å². The first kappa shape index (κ1) is 23.1. The molecule has 1 N–H and O–H groups in total. The maximum absolute atomic E-state index is 8.59. The third-order valence-corrected chi connectivity index (χ3v) is 0. The molecule has 0 aromatic rings. The fraction of sp³-hybridized carbons (Fsp3) is 0. The minimum absolute atomic E-state index is 0. The molecule has 56 valence electrons. The van der Waals surface area contributed by atoms with Gasteiger partial charge in [-0.05, 0) is 0 Å². The Labute approximate surface area is 128 Å². The fourth-order valence-corrected chi connectivity index (χ4v) is 0. The predicted octanol–water partition coefficient (Wildman–Crippen LogP) is -8.96. The topological polar surface area (TPSA) is 144 Å². The zero-order chi connectivity index (χ0) is 8.08. The van der Waals surface area contributed by atoms with Gasteiger partial charge in [-0.3, -0.25) is 0 Å². The molecule has 8 nitrogen and oxygen atoms in total. The zero-order valence-electron chi connectivity index (χ0n) is 5.75. The molecule has 0 spiro atoms. The van der Waals surface area contributed by atoms with Crippen LogP contribution in [0.3, 0.4) is 0 Å². The summed E-state index contributed by atoms with van der Waals surface area (Å²) in [5.41, 5.74) is 0. The summed E-state index contributed by atoms with van der Waals surface area (Å²) in [7, 11) is 0. The van der Waals surface area contributed by atoms with Gasteiger partial charge in [-0.2, -0.15) is 0 Å². The van der Waals surface area contributed by atoms with E-state index in [0.29, 0.717) is 0 Å². The van der Waals surface area contributed by atoms with Crippen LogP contribution < -0.4 is 89.3 Å². The molecule has 11 heteroatoms. The zero-order valence-corrected chi connectivity index (χ0v) is 12.2. The van der Waals surface area contributed by atoms with Gasteiger partial charge in [0.2, 0.25) is 0 Å². The fourth-order valence-electron chi connectivity index (χ4n) is 0. The molecule has 0 aromatic heterocycles. The van der Waals surface area contributed by atoms with E-state index in [-0.39, 0.29) is 80.9 Å². The van der Waals surface area contributed by atoms with Gasteiger partial charge < -0.3 is 5.21 Å². The molecule has 0 amide bonds. The molecule has 0 aliphatic carbocycles. The normalized spacial score (nSPS) is 7.45. The summed E-state index contributed by atoms with van der Waals surface area (Å²) in [6.45, 7) is 0. The van der Waals surface area contributed by atoms with E-state index in [4.69, 9.17) is 31.2 Å². The number of hydrogen-bond acceptors (Lipinski definition) is 6. The molecule has 0 saturated heterocycles. The summed E-state index contributed by atoms with van der Waals surface area (Å²) in [6, 6.07) is 0. The Bertz CT molecular complexity index is 161. The maximum atomic E-state index is 8.59. The molecule has 0 bridgehead atoms. The van der Waals surface area contributed by atoms with Crippen LogP contribution in [0.15, 0.2) is 0 Å². The van der Waals surface area contributed by atoms with Crippen molar-refractivity contribution < 1.29 is 121 Å². The number of nitrogens with zero attached hydrogens (tertiary/aromatic N) is 1. The van der Waals surface area contributed by atoms with Crippen LogP contribution in [-0.2, 0) is 21.2 Å². The van der Waals surface area contributed by atoms with Gasteiger partial charge in [-0.15, -0.1) is 10.1 Å². The summed E-state index contributed by atoms with van der Waals surface area (Å²) in [5, 5.41) is 13.6. The third-order valence-electron chi connectivity index (χ3n) is 0. The molecule has 0 aromatic carbocycles. The van der Waals surface area contributed by atoms with Crippen LogP contribution in [0.1, 0.15) is 0 Å². The van der Waals surface area contributed by atoms with Crippen LogP contribution in [0.5, 0.6) is 0 Å². The van der Waals surface area contributed by atoms with Crippen LogP contribution in [0.2, 0.25) is 0 Å². The molecule has 0 aliphatic rings. The second-order valence-corrected chi connectivity index (χ2v) is 1.92. The van der Waals surface area contributed by atoms with Gasteiger partial charge in [0.05, 0.1) is 0 Å². The Morgan fingerprint density at radius 3 is 1.27 bits per heavy atom. The van der Waals surface area contributed by atoms with Gasteiger partial charge in [-0.1, -0.05) is 0 Å². The van der Waals surface area contributed by atoms with Crippen molar-refractivity contribution in [2.75, 3.05) is 0 Å². The Hall–Kier alpha value is 1.89. The van der Waals surface area contributed by atoms with Crippen molar-refractivity contribution >= 4 is 0 Å². The first-order chi connectivity index (χ1) is 3.73. The second kappa shape index (κ2) is 11.9. The van der Waals surface area contributed by atoms with E-state index >= 15 is 0 Å². The van der Waals surface area contributed by atoms with Gasteiger partial charge in [0.25, 0.3) is 5.09 Å². The van der Waals surface area contributed by atoms with E-state index in [1.165, 1.54) is 0 Å². The van der Waals surface area contributed by atoms with Crippen molar-refractivity contribution in [2.45, 2.75) is 0 Å². The molecule has 0 heterocycles. The monoisotopic (exact) mass is 241 g/mol.